The van der Waals surface area contributed by atoms with Gasteiger partial charge in [0.05, 0.1) is 5.03 Å². The van der Waals surface area contributed by atoms with E-state index < -0.39 is 0 Å². The Morgan fingerprint density at radius 1 is 2.00 bits per heavy atom. The highest BCUT2D eigenvalue weighted by molar-refractivity contribution is 8.00. The lowest BCUT2D eigenvalue weighted by molar-refractivity contribution is 1.31. The second-order valence-corrected chi connectivity index (χ2v) is 1.89. The van der Waals surface area contributed by atoms with Gasteiger partial charge in [0.25, 0.3) is 0 Å². The Kier molecular flexibility index (Phi) is 1.40. The van der Waals surface area contributed by atoms with Crippen LogP contribution in [0.2, 0.25) is 0 Å². The van der Waals surface area contributed by atoms with Crippen molar-refractivity contribution in [3.05, 3.63) is 17.0 Å². The topological polar surface area (TPSA) is 12.0 Å². The van der Waals surface area contributed by atoms with Crippen LogP contribution in [0, 0.1) is 6.54 Å². The summed E-state index contributed by atoms with van der Waals surface area (Å²) in [6.45, 7) is 2.66. The van der Waals surface area contributed by atoms with Gasteiger partial charge < -0.3 is 0 Å². The van der Waals surface area contributed by atoms with Crippen molar-refractivity contribution in [1.29, 1.82) is 0 Å². The van der Waals surface area contributed by atoms with Gasteiger partial charge in [-0.1, -0.05) is 23.5 Å². The molecule has 1 rings (SSSR count). The molecule has 0 aliphatic carbocycles. The molecule has 0 atom stereocenters. The first kappa shape index (κ1) is 4.50. The van der Waals surface area contributed by atoms with Crippen molar-refractivity contribution >= 4 is 23.5 Å². The zero-order valence-electron chi connectivity index (χ0n) is 2.86. The van der Waals surface area contributed by atoms with E-state index in [2.05, 4.69) is 11.3 Å². The molecule has 0 aromatic heterocycles. The van der Waals surface area contributed by atoms with Crippen LogP contribution in [-0.4, -0.2) is 0 Å². The summed E-state index contributed by atoms with van der Waals surface area (Å²) >= 11 is 6.81. The predicted octanol–water partition coefficient (Wildman–Crippen LogP) is 1.36. The largest absolute Gasteiger partial charge is 0.244 e. The highest BCUT2D eigenvalue weighted by atomic mass is 35.5. The number of hydrogen-bond acceptors (Lipinski definition) is 2. The van der Waals surface area contributed by atoms with Crippen molar-refractivity contribution in [1.82, 2.24) is 4.72 Å². The molecule has 0 fully saturated rings. The third-order valence-electron chi connectivity index (χ3n) is 0.392. The van der Waals surface area contributed by atoms with Gasteiger partial charge in [0.2, 0.25) is 0 Å². The van der Waals surface area contributed by atoms with Crippen molar-refractivity contribution < 1.29 is 0 Å². The summed E-state index contributed by atoms with van der Waals surface area (Å²) in [6.07, 6.45) is 0. The number of hydrogen-bond donors (Lipinski definition) is 1. The van der Waals surface area contributed by atoms with Crippen LogP contribution in [0.5, 0.6) is 0 Å². The lowest BCUT2D eigenvalue weighted by Crippen LogP contribution is -1.86. The van der Waals surface area contributed by atoms with Crippen LogP contribution in [-0.2, 0) is 0 Å². The lowest BCUT2D eigenvalue weighted by atomic mass is 10.7. The van der Waals surface area contributed by atoms with Crippen LogP contribution in [0.15, 0.2) is 10.4 Å². The van der Waals surface area contributed by atoms with Crippen LogP contribution < -0.4 is 4.72 Å². The molecule has 0 unspecified atom stereocenters. The van der Waals surface area contributed by atoms with Gasteiger partial charge in [-0.25, -0.2) is 4.72 Å². The molecule has 0 spiro atoms. The van der Waals surface area contributed by atoms with E-state index in [9.17, 15) is 0 Å². The smallest absolute Gasteiger partial charge is 0.117 e. The van der Waals surface area contributed by atoms with Gasteiger partial charge in [0, 0.05) is 5.41 Å². The monoisotopic (exact) mass is 119 g/mol. The van der Waals surface area contributed by atoms with Crippen LogP contribution in [0.25, 0.3) is 0 Å². The quantitative estimate of drug-likeness (QED) is 0.484. The average Bonchev–Trinajstić information content (AvgIpc) is 1.86. The first-order chi connectivity index (χ1) is 2.89. The number of halogens is 1. The maximum Gasteiger partial charge on any atom is 0.117 e. The Morgan fingerprint density at radius 3 is 3.00 bits per heavy atom. The fourth-order valence-electron chi connectivity index (χ4n) is 0.189. The second kappa shape index (κ2) is 1.87. The van der Waals surface area contributed by atoms with E-state index >= 15 is 0 Å². The molecule has 0 saturated heterocycles. The summed E-state index contributed by atoms with van der Waals surface area (Å²) in [5.74, 6) is 0. The molecule has 0 aromatic carbocycles. The second-order valence-electron chi connectivity index (χ2n) is 0.811. The minimum absolute atomic E-state index is 0.653. The molecule has 1 nitrogen and oxygen atoms in total. The Balaban J connectivity index is 2.45. The van der Waals surface area contributed by atoms with Gasteiger partial charge in [-0.05, 0) is 0 Å². The third kappa shape index (κ3) is 0.899. The van der Waals surface area contributed by atoms with Crippen molar-refractivity contribution in [2.24, 2.45) is 0 Å². The van der Waals surface area contributed by atoms with Gasteiger partial charge in [0.1, 0.15) is 6.54 Å². The van der Waals surface area contributed by atoms with E-state index in [0.717, 1.165) is 0 Å². The third-order valence-corrected chi connectivity index (χ3v) is 1.30. The van der Waals surface area contributed by atoms with Crippen LogP contribution in [0.1, 0.15) is 0 Å². The van der Waals surface area contributed by atoms with E-state index in [1.54, 1.807) is 5.41 Å². The normalized spacial score (nSPS) is 21.2. The fraction of sp³-hybridized carbons (Fsp3) is 0. The van der Waals surface area contributed by atoms with E-state index in [1.165, 1.54) is 11.9 Å². The summed E-state index contributed by atoms with van der Waals surface area (Å²) in [5, 5.41) is 2.43. The predicted molar refractivity (Wildman–Crippen MR) is 27.9 cm³/mol. The van der Waals surface area contributed by atoms with Gasteiger partial charge in [0.15, 0.2) is 0 Å². The van der Waals surface area contributed by atoms with Crippen molar-refractivity contribution in [3.63, 3.8) is 0 Å². The van der Waals surface area contributed by atoms with Gasteiger partial charge in [-0.2, -0.15) is 0 Å². The molecule has 0 aromatic rings. The van der Waals surface area contributed by atoms with E-state index in [4.69, 9.17) is 11.6 Å². The summed E-state index contributed by atoms with van der Waals surface area (Å²) in [6, 6.07) is 0. The maximum atomic E-state index is 5.38. The summed E-state index contributed by atoms with van der Waals surface area (Å²) in [5.41, 5.74) is 0. The van der Waals surface area contributed by atoms with Crippen LogP contribution in [0.3, 0.4) is 0 Å². The van der Waals surface area contributed by atoms with Crippen molar-refractivity contribution in [2.75, 3.05) is 0 Å². The molecule has 6 heavy (non-hydrogen) atoms. The molecule has 1 N–H and O–H groups in total. The Bertz CT molecular complexity index is 80.9. The molecule has 1 heterocycles. The van der Waals surface area contributed by atoms with E-state index in [-0.39, 0.29) is 0 Å². The highest BCUT2D eigenvalue weighted by Gasteiger charge is 1.98. The lowest BCUT2D eigenvalue weighted by Gasteiger charge is -1.77. The Hall–Kier alpha value is 0.340. The molecule has 1 aliphatic heterocycles. The first-order valence-corrected chi connectivity index (χ1v) is 2.68. The highest BCUT2D eigenvalue weighted by Crippen LogP contribution is 2.17. The van der Waals surface area contributed by atoms with Gasteiger partial charge >= 0.3 is 0 Å². The maximum absolute atomic E-state index is 5.38. The molecular weight excluding hydrogens is 118 g/mol. The molecule has 0 bridgehead atoms. The first-order valence-electron chi connectivity index (χ1n) is 1.42. The zero-order valence-corrected chi connectivity index (χ0v) is 4.44. The minimum Gasteiger partial charge on any atom is -0.244 e. The van der Waals surface area contributed by atoms with E-state index in [0.29, 0.717) is 5.03 Å². The minimum atomic E-state index is 0.653. The Labute approximate surface area is 45.9 Å². The molecular formula is C3H2ClNS. The van der Waals surface area contributed by atoms with Crippen molar-refractivity contribution in [2.45, 2.75) is 0 Å². The average molecular weight is 120 g/mol. The number of rotatable bonds is 0. The van der Waals surface area contributed by atoms with Crippen LogP contribution in [0.4, 0.5) is 0 Å². The van der Waals surface area contributed by atoms with Crippen LogP contribution >= 0.6 is 23.5 Å². The number of nitrogens with one attached hydrogen (secondary N) is 1. The molecule has 1 aliphatic rings. The summed E-state index contributed by atoms with van der Waals surface area (Å²) in [4.78, 5) is 0. The molecule has 32 valence electrons. The molecule has 2 radical (unpaired) electrons. The molecule has 0 amide bonds. The fourth-order valence-corrected chi connectivity index (χ4v) is 0.816. The van der Waals surface area contributed by atoms with Crippen molar-refractivity contribution in [3.8, 4) is 0 Å². The SMILES string of the molecule is ClC1=CSN[C]1. The summed E-state index contributed by atoms with van der Waals surface area (Å²) < 4.78 is 2.71. The summed E-state index contributed by atoms with van der Waals surface area (Å²) in [7, 11) is 0. The Morgan fingerprint density at radius 2 is 2.83 bits per heavy atom. The molecule has 0 saturated carbocycles. The van der Waals surface area contributed by atoms with E-state index in [1.807, 2.05) is 0 Å². The van der Waals surface area contributed by atoms with Gasteiger partial charge in [-0.15, -0.1) is 0 Å². The molecule has 3 heteroatoms. The standard InChI is InChI=1S/C3H2ClNS/c4-3-1-5-6-2-3/h2,5H. The zero-order chi connectivity index (χ0) is 4.41. The van der Waals surface area contributed by atoms with Gasteiger partial charge in [-0.3, -0.25) is 0 Å².